The number of nitrogens with one attached hydrogen (secondary N) is 2. The van der Waals surface area contributed by atoms with E-state index in [1.165, 1.54) is 11.8 Å². The maximum Gasteiger partial charge on any atom is 0.226 e. The Morgan fingerprint density at radius 2 is 2.15 bits per heavy atom. The number of alkyl halides is 1. The van der Waals surface area contributed by atoms with Gasteiger partial charge in [0.25, 0.3) is 0 Å². The van der Waals surface area contributed by atoms with Crippen molar-refractivity contribution < 1.29 is 9.53 Å². The molecule has 2 N–H and O–H groups in total. The molecule has 2 aromatic heterocycles. The van der Waals surface area contributed by atoms with Crippen molar-refractivity contribution in [3.05, 3.63) is 6.20 Å². The summed E-state index contributed by atoms with van der Waals surface area (Å²) >= 11 is 7.31. The lowest BCUT2D eigenvalue weighted by atomic mass is 9.95. The Morgan fingerprint density at radius 1 is 1.37 bits per heavy atom. The van der Waals surface area contributed by atoms with Crippen molar-refractivity contribution in [3.8, 4) is 0 Å². The molecular formula is C17H27ClN6O2S. The summed E-state index contributed by atoms with van der Waals surface area (Å²) in [5.74, 6) is 0.930. The number of ether oxygens (including phenoxy) is 1. The third-order valence-electron chi connectivity index (χ3n) is 3.96. The number of hydrogen-bond donors (Lipinski definition) is 2. The molecule has 0 fully saturated rings. The van der Waals surface area contributed by atoms with E-state index in [1.54, 1.807) is 10.9 Å². The Bertz CT molecular complexity index is 767. The van der Waals surface area contributed by atoms with Gasteiger partial charge in [0.15, 0.2) is 10.8 Å². The maximum atomic E-state index is 12.1. The van der Waals surface area contributed by atoms with Gasteiger partial charge in [-0.15, -0.1) is 11.6 Å². The van der Waals surface area contributed by atoms with E-state index in [0.29, 0.717) is 38.0 Å². The topological polar surface area (TPSA) is 94.0 Å². The second-order valence-electron chi connectivity index (χ2n) is 6.56. The maximum absolute atomic E-state index is 12.1. The Labute approximate surface area is 168 Å². The third-order valence-corrected chi connectivity index (χ3v) is 5.18. The van der Waals surface area contributed by atoms with Gasteiger partial charge in [-0.1, -0.05) is 11.8 Å². The van der Waals surface area contributed by atoms with Crippen LogP contribution < -0.4 is 10.6 Å². The Morgan fingerprint density at radius 3 is 2.81 bits per heavy atom. The zero-order chi connectivity index (χ0) is 19.9. The van der Waals surface area contributed by atoms with Crippen molar-refractivity contribution in [2.24, 2.45) is 5.41 Å². The highest BCUT2D eigenvalue weighted by Gasteiger charge is 2.26. The monoisotopic (exact) mass is 414 g/mol. The molecule has 2 heterocycles. The highest BCUT2D eigenvalue weighted by atomic mass is 35.5. The highest BCUT2D eigenvalue weighted by molar-refractivity contribution is 7.98. The van der Waals surface area contributed by atoms with Crippen LogP contribution >= 0.6 is 23.4 Å². The van der Waals surface area contributed by atoms with E-state index in [2.05, 4.69) is 25.7 Å². The molecule has 0 saturated heterocycles. The van der Waals surface area contributed by atoms with Gasteiger partial charge in [0.1, 0.15) is 5.82 Å². The van der Waals surface area contributed by atoms with Gasteiger partial charge in [0.05, 0.1) is 30.1 Å². The van der Waals surface area contributed by atoms with Gasteiger partial charge in [-0.05, 0) is 27.0 Å². The van der Waals surface area contributed by atoms with Crippen LogP contribution in [0.4, 0.5) is 5.82 Å². The van der Waals surface area contributed by atoms with Gasteiger partial charge in [0.2, 0.25) is 5.91 Å². The number of fused-ring (bicyclic) bond motifs is 1. The third kappa shape index (κ3) is 5.70. The molecule has 1 amide bonds. The summed E-state index contributed by atoms with van der Waals surface area (Å²) in [6, 6.07) is 0. The molecule has 10 heteroatoms. The van der Waals surface area contributed by atoms with Crippen LogP contribution in [0.1, 0.15) is 20.8 Å². The van der Waals surface area contributed by atoms with Crippen molar-refractivity contribution in [3.63, 3.8) is 0 Å². The molecule has 0 aromatic carbocycles. The molecule has 27 heavy (non-hydrogen) atoms. The number of anilines is 1. The summed E-state index contributed by atoms with van der Waals surface area (Å²) in [6.07, 6.45) is 3.67. The number of halogens is 1. The molecule has 0 spiro atoms. The van der Waals surface area contributed by atoms with Crippen molar-refractivity contribution in [2.45, 2.75) is 32.5 Å². The summed E-state index contributed by atoms with van der Waals surface area (Å²) in [5, 5.41) is 12.1. The van der Waals surface area contributed by atoms with Gasteiger partial charge in [-0.25, -0.2) is 14.6 Å². The first kappa shape index (κ1) is 21.7. The first-order chi connectivity index (χ1) is 12.9. The summed E-state index contributed by atoms with van der Waals surface area (Å²) in [4.78, 5) is 21.2. The van der Waals surface area contributed by atoms with Crippen LogP contribution in [0.2, 0.25) is 0 Å². The predicted octanol–water partition coefficient (Wildman–Crippen LogP) is 2.38. The van der Waals surface area contributed by atoms with Crippen LogP contribution in [0.15, 0.2) is 11.4 Å². The quantitative estimate of drug-likeness (QED) is 0.252. The van der Waals surface area contributed by atoms with Crippen LogP contribution in [-0.2, 0) is 16.1 Å². The fourth-order valence-corrected chi connectivity index (χ4v) is 2.77. The van der Waals surface area contributed by atoms with Gasteiger partial charge in [-0.3, -0.25) is 4.79 Å². The summed E-state index contributed by atoms with van der Waals surface area (Å²) in [7, 11) is 0. The second kappa shape index (κ2) is 10.1. The lowest BCUT2D eigenvalue weighted by molar-refractivity contribution is -0.128. The first-order valence-corrected chi connectivity index (χ1v) is 10.6. The molecule has 150 valence electrons. The molecule has 0 unspecified atom stereocenters. The second-order valence-corrected chi connectivity index (χ2v) is 7.60. The minimum absolute atomic E-state index is 0.0772. The molecule has 0 aliphatic carbocycles. The molecule has 2 aromatic rings. The molecule has 0 aliphatic heterocycles. The number of rotatable bonds is 11. The number of aromatic nitrogens is 4. The highest BCUT2D eigenvalue weighted by Crippen LogP contribution is 2.23. The lowest BCUT2D eigenvalue weighted by Crippen LogP contribution is -2.39. The normalized spacial score (nSPS) is 11.7. The molecular weight excluding hydrogens is 388 g/mol. The van der Waals surface area contributed by atoms with E-state index in [4.69, 9.17) is 16.3 Å². The summed E-state index contributed by atoms with van der Waals surface area (Å²) < 4.78 is 7.14. The van der Waals surface area contributed by atoms with Gasteiger partial charge in [0, 0.05) is 25.6 Å². The van der Waals surface area contributed by atoms with Crippen molar-refractivity contribution in [1.82, 2.24) is 25.1 Å². The SMILES string of the molecule is CCOCCNc1nc(SC)nc2c1cnn2CCNC(=O)C(C)(C)CCl. The van der Waals surface area contributed by atoms with Crippen LogP contribution in [-0.4, -0.2) is 64.1 Å². The molecule has 0 atom stereocenters. The van der Waals surface area contributed by atoms with Gasteiger partial charge < -0.3 is 15.4 Å². The molecule has 0 bridgehead atoms. The van der Waals surface area contributed by atoms with Crippen LogP contribution in [0, 0.1) is 5.41 Å². The number of hydrogen-bond acceptors (Lipinski definition) is 7. The van der Waals surface area contributed by atoms with E-state index in [1.807, 2.05) is 27.0 Å². The minimum atomic E-state index is -0.598. The zero-order valence-corrected chi connectivity index (χ0v) is 17.8. The average Bonchev–Trinajstić information content (AvgIpc) is 3.08. The number of nitrogens with zero attached hydrogens (tertiary/aromatic N) is 4. The molecule has 0 saturated carbocycles. The molecule has 0 radical (unpaired) electrons. The number of carbonyl (C=O) groups excluding carboxylic acids is 1. The fourth-order valence-electron chi connectivity index (χ4n) is 2.29. The predicted molar refractivity (Wildman–Crippen MR) is 110 cm³/mol. The largest absolute Gasteiger partial charge is 0.380 e. The summed E-state index contributed by atoms with van der Waals surface area (Å²) in [6.45, 7) is 8.49. The van der Waals surface area contributed by atoms with Crippen molar-refractivity contribution in [2.75, 3.05) is 43.8 Å². The Kier molecular flexibility index (Phi) is 8.12. The Balaban J connectivity index is 2.10. The Hall–Kier alpha value is -1.58. The van der Waals surface area contributed by atoms with Gasteiger partial charge >= 0.3 is 0 Å². The van der Waals surface area contributed by atoms with Crippen LogP contribution in [0.25, 0.3) is 11.0 Å². The van der Waals surface area contributed by atoms with E-state index in [0.717, 1.165) is 16.9 Å². The van der Waals surface area contributed by atoms with Crippen molar-refractivity contribution >= 4 is 46.1 Å². The summed E-state index contributed by atoms with van der Waals surface area (Å²) in [5.41, 5.74) is 0.138. The van der Waals surface area contributed by atoms with Crippen molar-refractivity contribution in [1.29, 1.82) is 0 Å². The van der Waals surface area contributed by atoms with E-state index in [9.17, 15) is 4.79 Å². The average molecular weight is 415 g/mol. The van der Waals surface area contributed by atoms with Crippen LogP contribution in [0.3, 0.4) is 0 Å². The van der Waals surface area contributed by atoms with E-state index >= 15 is 0 Å². The number of carbonyl (C=O) groups is 1. The van der Waals surface area contributed by atoms with Gasteiger partial charge in [-0.2, -0.15) is 5.10 Å². The first-order valence-electron chi connectivity index (χ1n) is 8.86. The number of amides is 1. The van der Waals surface area contributed by atoms with E-state index in [-0.39, 0.29) is 11.8 Å². The zero-order valence-electron chi connectivity index (χ0n) is 16.2. The molecule has 8 nitrogen and oxygen atoms in total. The standard InChI is InChI=1S/C17H27ClN6O2S/c1-5-26-9-7-19-13-12-10-21-24(14(12)23-16(22-13)27-4)8-6-20-15(25)17(2,3)11-18/h10H,5-9,11H2,1-4H3,(H,20,25)(H,19,22,23). The lowest BCUT2D eigenvalue weighted by Gasteiger charge is -2.20. The molecule has 2 rings (SSSR count). The fraction of sp³-hybridized carbons (Fsp3) is 0.647. The smallest absolute Gasteiger partial charge is 0.226 e. The van der Waals surface area contributed by atoms with Crippen LogP contribution in [0.5, 0.6) is 0 Å². The van der Waals surface area contributed by atoms with E-state index < -0.39 is 5.41 Å². The molecule has 0 aliphatic rings. The minimum Gasteiger partial charge on any atom is -0.380 e. The number of thioether (sulfide) groups is 1.